The van der Waals surface area contributed by atoms with Gasteiger partial charge in [-0.05, 0) is 63.9 Å². The van der Waals surface area contributed by atoms with Gasteiger partial charge < -0.3 is 19.1 Å². The topological polar surface area (TPSA) is 65.1 Å². The maximum Gasteiger partial charge on any atom is 0.223 e. The molecular formula is C23H21NO5. The highest BCUT2D eigenvalue weighted by Crippen LogP contribution is 2.44. The molecule has 2 aliphatic rings. The lowest BCUT2D eigenvalue weighted by molar-refractivity contribution is -0.129. The van der Waals surface area contributed by atoms with Crippen LogP contribution in [0.4, 0.5) is 0 Å². The largest absolute Gasteiger partial charge is 0.497 e. The number of Topliss-reactive ketones (excluding diaryl/α,β-unsaturated/α-hetero) is 1. The maximum atomic E-state index is 13.5. The van der Waals surface area contributed by atoms with Crippen molar-refractivity contribution in [2.24, 2.45) is 0 Å². The van der Waals surface area contributed by atoms with Gasteiger partial charge in [-0.1, -0.05) is 0 Å². The standard InChI is InChI=1S/C23H21NO5/c1-27-12-4-5-13-14(8-12)15-9-19(28-2)20(29-3)10-16(15)17-11-24-18(6-7-21(24)25)23(26)22(13)17/h4-5,8-10,18H,6-7,11H2,1-3H3. The zero-order valence-corrected chi connectivity index (χ0v) is 16.6. The number of ether oxygens (including phenoxy) is 3. The molecule has 0 radical (unpaired) electrons. The van der Waals surface area contributed by atoms with Gasteiger partial charge in [-0.15, -0.1) is 0 Å². The average Bonchev–Trinajstić information content (AvgIpc) is 3.13. The zero-order valence-electron chi connectivity index (χ0n) is 16.6. The molecule has 148 valence electrons. The van der Waals surface area contributed by atoms with Crippen LogP contribution >= 0.6 is 0 Å². The minimum atomic E-state index is -0.363. The van der Waals surface area contributed by atoms with E-state index in [0.29, 0.717) is 36.4 Å². The fraction of sp³-hybridized carbons (Fsp3) is 0.304. The molecule has 0 aromatic heterocycles. The van der Waals surface area contributed by atoms with E-state index >= 15 is 0 Å². The van der Waals surface area contributed by atoms with Crippen LogP contribution in [0, 0.1) is 0 Å². The third-order valence-corrected chi connectivity index (χ3v) is 6.14. The van der Waals surface area contributed by atoms with Crippen molar-refractivity contribution < 1.29 is 23.8 Å². The summed E-state index contributed by atoms with van der Waals surface area (Å²) in [6.45, 7) is 0.429. The number of hydrogen-bond donors (Lipinski definition) is 0. The Morgan fingerprint density at radius 1 is 0.862 bits per heavy atom. The second-order valence-corrected chi connectivity index (χ2v) is 7.46. The SMILES string of the molecule is COc1ccc2c3c(c4cc(OC)c(OC)cc4c2c1)CN1C(=O)CCC1C3=O. The van der Waals surface area contributed by atoms with Crippen LogP contribution in [0.2, 0.25) is 0 Å². The molecule has 0 aliphatic carbocycles. The van der Waals surface area contributed by atoms with Crippen LogP contribution in [0.25, 0.3) is 21.5 Å². The predicted octanol–water partition coefficient (Wildman–Crippen LogP) is 3.71. The van der Waals surface area contributed by atoms with Crippen molar-refractivity contribution in [3.05, 3.63) is 41.5 Å². The normalized spacial score (nSPS) is 18.2. The van der Waals surface area contributed by atoms with Gasteiger partial charge in [0.25, 0.3) is 0 Å². The van der Waals surface area contributed by atoms with Crippen molar-refractivity contribution in [1.82, 2.24) is 4.90 Å². The molecule has 3 aromatic carbocycles. The van der Waals surface area contributed by atoms with Crippen LogP contribution < -0.4 is 14.2 Å². The highest BCUT2D eigenvalue weighted by atomic mass is 16.5. The Morgan fingerprint density at radius 2 is 1.55 bits per heavy atom. The maximum absolute atomic E-state index is 13.5. The number of rotatable bonds is 3. The van der Waals surface area contributed by atoms with Gasteiger partial charge in [0.2, 0.25) is 5.91 Å². The van der Waals surface area contributed by atoms with E-state index in [9.17, 15) is 9.59 Å². The number of fused-ring (bicyclic) bond motifs is 7. The summed E-state index contributed by atoms with van der Waals surface area (Å²) in [6, 6.07) is 9.22. The van der Waals surface area contributed by atoms with Crippen molar-refractivity contribution in [2.45, 2.75) is 25.4 Å². The fourth-order valence-electron chi connectivity index (χ4n) is 4.73. The number of benzene rings is 3. The third kappa shape index (κ3) is 2.41. The van der Waals surface area contributed by atoms with Crippen LogP contribution in [-0.2, 0) is 11.3 Å². The number of carbonyl (C=O) groups excluding carboxylic acids is 2. The fourth-order valence-corrected chi connectivity index (χ4v) is 4.73. The first-order valence-corrected chi connectivity index (χ1v) is 9.59. The molecule has 5 rings (SSSR count). The Bertz CT molecular complexity index is 1200. The molecule has 2 aliphatic heterocycles. The second-order valence-electron chi connectivity index (χ2n) is 7.46. The molecule has 6 heteroatoms. The predicted molar refractivity (Wildman–Crippen MR) is 109 cm³/mol. The summed E-state index contributed by atoms with van der Waals surface area (Å²) < 4.78 is 16.5. The molecule has 3 aromatic rings. The number of hydrogen-bond acceptors (Lipinski definition) is 5. The van der Waals surface area contributed by atoms with Gasteiger partial charge in [0, 0.05) is 18.5 Å². The van der Waals surface area contributed by atoms with Gasteiger partial charge in [-0.25, -0.2) is 0 Å². The Hall–Kier alpha value is -3.28. The molecule has 0 saturated carbocycles. The Labute approximate surface area is 167 Å². The summed E-state index contributed by atoms with van der Waals surface area (Å²) in [6.07, 6.45) is 1.00. The van der Waals surface area contributed by atoms with E-state index in [0.717, 1.165) is 32.9 Å². The monoisotopic (exact) mass is 391 g/mol. The molecule has 0 N–H and O–H groups in total. The lowest BCUT2D eigenvalue weighted by Gasteiger charge is -2.32. The van der Waals surface area contributed by atoms with Gasteiger partial charge in [0.15, 0.2) is 17.3 Å². The lowest BCUT2D eigenvalue weighted by Crippen LogP contribution is -2.42. The highest BCUT2D eigenvalue weighted by molar-refractivity contribution is 6.22. The molecule has 1 saturated heterocycles. The summed E-state index contributed by atoms with van der Waals surface area (Å²) in [7, 11) is 4.81. The number of nitrogens with zero attached hydrogens (tertiary/aromatic N) is 1. The van der Waals surface area contributed by atoms with Crippen molar-refractivity contribution in [2.75, 3.05) is 21.3 Å². The molecule has 2 heterocycles. The molecule has 0 bridgehead atoms. The Morgan fingerprint density at radius 3 is 2.24 bits per heavy atom. The smallest absolute Gasteiger partial charge is 0.223 e. The van der Waals surface area contributed by atoms with Crippen molar-refractivity contribution in [1.29, 1.82) is 0 Å². The van der Waals surface area contributed by atoms with Gasteiger partial charge in [0.1, 0.15) is 5.75 Å². The van der Waals surface area contributed by atoms with Gasteiger partial charge >= 0.3 is 0 Å². The van der Waals surface area contributed by atoms with Crippen LogP contribution in [0.15, 0.2) is 30.3 Å². The average molecular weight is 391 g/mol. The van der Waals surface area contributed by atoms with E-state index in [2.05, 4.69) is 0 Å². The summed E-state index contributed by atoms with van der Waals surface area (Å²) >= 11 is 0. The number of carbonyl (C=O) groups is 2. The van der Waals surface area contributed by atoms with Gasteiger partial charge in [-0.3, -0.25) is 9.59 Å². The molecule has 6 nitrogen and oxygen atoms in total. The van der Waals surface area contributed by atoms with E-state index < -0.39 is 0 Å². The molecular weight excluding hydrogens is 370 g/mol. The molecule has 1 atom stereocenters. The first-order valence-electron chi connectivity index (χ1n) is 9.59. The minimum absolute atomic E-state index is 0.0175. The molecule has 1 fully saturated rings. The first-order chi connectivity index (χ1) is 14.1. The van der Waals surface area contributed by atoms with E-state index in [1.807, 2.05) is 30.3 Å². The van der Waals surface area contributed by atoms with E-state index in [1.165, 1.54) is 0 Å². The van der Waals surface area contributed by atoms with Crippen LogP contribution in [0.5, 0.6) is 17.2 Å². The minimum Gasteiger partial charge on any atom is -0.497 e. The van der Waals surface area contributed by atoms with Crippen LogP contribution in [-0.4, -0.2) is 44.0 Å². The number of amides is 1. The number of methoxy groups -OCH3 is 3. The quantitative estimate of drug-likeness (QED) is 0.637. The zero-order chi connectivity index (χ0) is 20.3. The first kappa shape index (κ1) is 17.8. The summed E-state index contributed by atoms with van der Waals surface area (Å²) in [5.74, 6) is 1.98. The van der Waals surface area contributed by atoms with Crippen molar-refractivity contribution >= 4 is 33.2 Å². The van der Waals surface area contributed by atoms with Gasteiger partial charge in [0.05, 0.1) is 27.4 Å². The van der Waals surface area contributed by atoms with Crippen molar-refractivity contribution in [3.63, 3.8) is 0 Å². The summed E-state index contributed by atoms with van der Waals surface area (Å²) in [5, 5.41) is 3.63. The summed E-state index contributed by atoms with van der Waals surface area (Å²) in [5.41, 5.74) is 1.58. The van der Waals surface area contributed by atoms with E-state index in [1.54, 1.807) is 26.2 Å². The van der Waals surface area contributed by atoms with E-state index in [-0.39, 0.29) is 17.7 Å². The second kappa shape index (κ2) is 6.37. The molecule has 1 unspecified atom stereocenters. The van der Waals surface area contributed by atoms with Crippen molar-refractivity contribution in [3.8, 4) is 17.2 Å². The third-order valence-electron chi connectivity index (χ3n) is 6.14. The van der Waals surface area contributed by atoms with Crippen LogP contribution in [0.1, 0.15) is 28.8 Å². The van der Waals surface area contributed by atoms with Gasteiger partial charge in [-0.2, -0.15) is 0 Å². The lowest BCUT2D eigenvalue weighted by atomic mass is 9.84. The Balaban J connectivity index is 1.93. The van der Waals surface area contributed by atoms with Crippen LogP contribution in [0.3, 0.4) is 0 Å². The van der Waals surface area contributed by atoms with E-state index in [4.69, 9.17) is 14.2 Å². The highest BCUT2D eigenvalue weighted by Gasteiger charge is 2.42. The Kier molecular flexibility index (Phi) is 3.91. The molecule has 0 spiro atoms. The molecule has 1 amide bonds. The molecule has 29 heavy (non-hydrogen) atoms. The summed E-state index contributed by atoms with van der Waals surface area (Å²) in [4.78, 5) is 27.6. The number of ketones is 1.